The number of hydrogen-bond donors (Lipinski definition) is 0. The minimum atomic E-state index is -0.272. The van der Waals surface area contributed by atoms with E-state index in [9.17, 15) is 19.2 Å². The number of methoxy groups -OCH3 is 1. The van der Waals surface area contributed by atoms with Crippen molar-refractivity contribution in [1.29, 1.82) is 0 Å². The van der Waals surface area contributed by atoms with Crippen LogP contribution in [-0.4, -0.2) is 36.7 Å². The molecule has 4 aliphatic carbocycles. The zero-order valence-electron chi connectivity index (χ0n) is 20.9. The van der Waals surface area contributed by atoms with Crippen molar-refractivity contribution in [2.75, 3.05) is 7.11 Å². The Balaban J connectivity index is 1.56. The van der Waals surface area contributed by atoms with Gasteiger partial charge in [-0.1, -0.05) is 20.8 Å². The molecule has 0 aromatic heterocycles. The number of rotatable bonds is 5. The highest BCUT2D eigenvalue weighted by Gasteiger charge is 2.66. The summed E-state index contributed by atoms with van der Waals surface area (Å²) in [6, 6.07) is 0. The van der Waals surface area contributed by atoms with Gasteiger partial charge in [0.25, 0.3) is 0 Å². The van der Waals surface area contributed by atoms with Crippen LogP contribution in [0, 0.1) is 46.3 Å². The Labute approximate surface area is 197 Å². The molecule has 0 aliphatic heterocycles. The molecule has 9 atom stereocenters. The summed E-state index contributed by atoms with van der Waals surface area (Å²) in [5.74, 6) is 0.662. The summed E-state index contributed by atoms with van der Waals surface area (Å²) in [6.07, 6.45) is 6.35. The Kier molecular flexibility index (Phi) is 6.52. The smallest absolute Gasteiger partial charge is 0.305 e. The first-order chi connectivity index (χ1) is 15.5. The van der Waals surface area contributed by atoms with Gasteiger partial charge in [0, 0.05) is 38.0 Å². The third-order valence-electron chi connectivity index (χ3n) is 10.2. The molecule has 33 heavy (non-hydrogen) atoms. The van der Waals surface area contributed by atoms with Gasteiger partial charge in [-0.25, -0.2) is 0 Å². The monoisotopic (exact) mass is 460 g/mol. The molecule has 0 N–H and O–H groups in total. The molecule has 0 aromatic carbocycles. The first-order valence-electron chi connectivity index (χ1n) is 12.8. The molecule has 6 nitrogen and oxygen atoms in total. The Morgan fingerprint density at radius 1 is 1.09 bits per heavy atom. The molecule has 2 unspecified atom stereocenters. The van der Waals surface area contributed by atoms with Crippen LogP contribution in [0.15, 0.2) is 0 Å². The summed E-state index contributed by atoms with van der Waals surface area (Å²) < 4.78 is 10.3. The highest BCUT2D eigenvalue weighted by Crippen LogP contribution is 2.66. The van der Waals surface area contributed by atoms with Gasteiger partial charge in [0.05, 0.1) is 7.11 Å². The second kappa shape index (κ2) is 8.81. The van der Waals surface area contributed by atoms with Crippen LogP contribution in [0.5, 0.6) is 0 Å². The molecule has 6 heteroatoms. The van der Waals surface area contributed by atoms with Crippen molar-refractivity contribution in [3.8, 4) is 0 Å². The largest absolute Gasteiger partial charge is 0.469 e. The number of hydrogen-bond acceptors (Lipinski definition) is 6. The fraction of sp³-hybridized carbons (Fsp3) is 0.852. The number of ether oxygens (including phenoxy) is 2. The second-order valence-corrected chi connectivity index (χ2v) is 11.9. The number of ketones is 2. The van der Waals surface area contributed by atoms with Crippen LogP contribution in [0.25, 0.3) is 0 Å². The van der Waals surface area contributed by atoms with E-state index in [4.69, 9.17) is 9.47 Å². The van der Waals surface area contributed by atoms with E-state index in [2.05, 4.69) is 20.8 Å². The fourth-order valence-electron chi connectivity index (χ4n) is 8.66. The van der Waals surface area contributed by atoms with Gasteiger partial charge in [0.2, 0.25) is 0 Å². The van der Waals surface area contributed by atoms with E-state index in [1.54, 1.807) is 0 Å². The highest BCUT2D eigenvalue weighted by molar-refractivity contribution is 5.94. The van der Waals surface area contributed by atoms with Crippen LogP contribution in [-0.2, 0) is 28.7 Å². The molecule has 0 radical (unpaired) electrons. The van der Waals surface area contributed by atoms with E-state index in [-0.39, 0.29) is 64.1 Å². The quantitative estimate of drug-likeness (QED) is 0.561. The molecule has 0 heterocycles. The summed E-state index contributed by atoms with van der Waals surface area (Å²) >= 11 is 0. The minimum absolute atomic E-state index is 0.105. The second-order valence-electron chi connectivity index (χ2n) is 11.9. The van der Waals surface area contributed by atoms with Gasteiger partial charge in [-0.3, -0.25) is 19.2 Å². The maximum absolute atomic E-state index is 13.8. The van der Waals surface area contributed by atoms with E-state index in [1.165, 1.54) is 14.0 Å². The standard InChI is InChI=1S/C27H40O6/c1-15(6-9-23(31)32-5)19-7-8-20-24-21(29)13-17-12-18(33-16(2)28)10-11-26(17,3)25(24)22(30)14-27(19,20)4/h15,17-20,24-25H,6-14H2,1-5H3/t15-,17?,18?,19-,20+,24-,25+,26+,27-/m1/s1. The normalized spacial score (nSPS) is 43.2. The predicted molar refractivity (Wildman–Crippen MR) is 122 cm³/mol. The van der Waals surface area contributed by atoms with Gasteiger partial charge in [-0.05, 0) is 73.0 Å². The van der Waals surface area contributed by atoms with Crippen LogP contribution in [0.2, 0.25) is 0 Å². The van der Waals surface area contributed by atoms with Crippen LogP contribution in [0.3, 0.4) is 0 Å². The molecule has 0 spiro atoms. The molecule has 0 amide bonds. The Morgan fingerprint density at radius 2 is 1.82 bits per heavy atom. The third kappa shape index (κ3) is 4.05. The summed E-state index contributed by atoms with van der Waals surface area (Å²) in [5.41, 5.74) is -0.371. The van der Waals surface area contributed by atoms with Crippen LogP contribution < -0.4 is 0 Å². The molecule has 4 rings (SSSR count). The number of Topliss-reactive ketones (excluding diaryl/α,β-unsaturated/α-hetero) is 2. The van der Waals surface area contributed by atoms with Crippen molar-refractivity contribution in [3.63, 3.8) is 0 Å². The average Bonchev–Trinajstić information content (AvgIpc) is 3.08. The fourth-order valence-corrected chi connectivity index (χ4v) is 8.66. The van der Waals surface area contributed by atoms with Gasteiger partial charge < -0.3 is 9.47 Å². The number of carbonyl (C=O) groups is 4. The third-order valence-corrected chi connectivity index (χ3v) is 10.2. The van der Waals surface area contributed by atoms with Gasteiger partial charge >= 0.3 is 11.9 Å². The van der Waals surface area contributed by atoms with Crippen LogP contribution >= 0.6 is 0 Å². The van der Waals surface area contributed by atoms with E-state index >= 15 is 0 Å². The molecular formula is C27H40O6. The first-order valence-corrected chi connectivity index (χ1v) is 12.8. The molecule has 4 aliphatic rings. The molecule has 4 saturated carbocycles. The van der Waals surface area contributed by atoms with Crippen LogP contribution in [0.1, 0.15) is 85.5 Å². The maximum Gasteiger partial charge on any atom is 0.305 e. The van der Waals surface area contributed by atoms with Crippen molar-refractivity contribution in [2.45, 2.75) is 91.6 Å². The lowest BCUT2D eigenvalue weighted by Gasteiger charge is -2.59. The van der Waals surface area contributed by atoms with Crippen LogP contribution in [0.4, 0.5) is 0 Å². The Hall–Kier alpha value is -1.72. The number of esters is 2. The summed E-state index contributed by atoms with van der Waals surface area (Å²) in [7, 11) is 1.42. The number of carbonyl (C=O) groups excluding carboxylic acids is 4. The van der Waals surface area contributed by atoms with Crippen molar-refractivity contribution in [1.82, 2.24) is 0 Å². The van der Waals surface area contributed by atoms with Gasteiger partial charge in [-0.2, -0.15) is 0 Å². The van der Waals surface area contributed by atoms with Crippen molar-refractivity contribution in [3.05, 3.63) is 0 Å². The summed E-state index contributed by atoms with van der Waals surface area (Å²) in [6.45, 7) is 8.08. The molecule has 0 bridgehead atoms. The topological polar surface area (TPSA) is 86.7 Å². The summed E-state index contributed by atoms with van der Waals surface area (Å²) in [5, 5.41) is 0. The van der Waals surface area contributed by atoms with E-state index in [0.29, 0.717) is 37.5 Å². The number of fused-ring (bicyclic) bond motifs is 5. The molecular weight excluding hydrogens is 420 g/mol. The van der Waals surface area contributed by atoms with Crippen molar-refractivity contribution < 1.29 is 28.7 Å². The first kappa shape index (κ1) is 24.4. The van der Waals surface area contributed by atoms with E-state index in [1.807, 2.05) is 0 Å². The van der Waals surface area contributed by atoms with E-state index in [0.717, 1.165) is 32.1 Å². The van der Waals surface area contributed by atoms with Gasteiger partial charge in [0.1, 0.15) is 17.7 Å². The van der Waals surface area contributed by atoms with E-state index < -0.39 is 0 Å². The zero-order chi connectivity index (χ0) is 24.1. The molecule has 184 valence electrons. The van der Waals surface area contributed by atoms with Crippen molar-refractivity contribution in [2.24, 2.45) is 46.3 Å². The Bertz CT molecular complexity index is 834. The Morgan fingerprint density at radius 3 is 2.48 bits per heavy atom. The maximum atomic E-state index is 13.8. The lowest BCUT2D eigenvalue weighted by molar-refractivity contribution is -0.175. The lowest BCUT2D eigenvalue weighted by Crippen LogP contribution is -2.61. The van der Waals surface area contributed by atoms with Gasteiger partial charge in [0.15, 0.2) is 0 Å². The SMILES string of the molecule is COC(=O)CC[C@@H](C)[C@H]1CC[C@H]2[C@@H]3C(=O)CC4CC(OC(C)=O)CC[C@]4(C)[C@H]3C(=O)C[C@]12C. The predicted octanol–water partition coefficient (Wildman–Crippen LogP) is 4.52. The van der Waals surface area contributed by atoms with Crippen molar-refractivity contribution >= 4 is 23.5 Å². The minimum Gasteiger partial charge on any atom is -0.469 e. The molecule has 0 aromatic rings. The lowest BCUT2D eigenvalue weighted by atomic mass is 9.43. The molecule has 0 saturated heterocycles. The summed E-state index contributed by atoms with van der Waals surface area (Å²) in [4.78, 5) is 50.6. The zero-order valence-corrected chi connectivity index (χ0v) is 20.9. The van der Waals surface area contributed by atoms with Gasteiger partial charge in [-0.15, -0.1) is 0 Å². The average molecular weight is 461 g/mol. The molecule has 4 fully saturated rings. The highest BCUT2D eigenvalue weighted by atomic mass is 16.5.